The molecule has 0 radical (unpaired) electrons. The minimum Gasteiger partial charge on any atom is -0.381 e. The largest absolute Gasteiger partial charge is 0.381 e. The highest BCUT2D eigenvalue weighted by molar-refractivity contribution is 5.85. The number of nitriles is 1. The van der Waals surface area contributed by atoms with Gasteiger partial charge in [-0.25, -0.2) is 4.39 Å². The Kier molecular flexibility index (Phi) is 4.13. The van der Waals surface area contributed by atoms with Crippen LogP contribution in [-0.4, -0.2) is 19.1 Å². The molecule has 1 heterocycles. The van der Waals surface area contributed by atoms with Crippen molar-refractivity contribution in [2.75, 3.05) is 13.2 Å². The van der Waals surface area contributed by atoms with Crippen LogP contribution >= 0.6 is 0 Å². The Labute approximate surface area is 111 Å². The number of nitrogens with zero attached hydrogens (tertiary/aromatic N) is 1. The van der Waals surface area contributed by atoms with Gasteiger partial charge in [0.25, 0.3) is 0 Å². The number of carbonyl (C=O) groups excluding carboxylic acids is 1. The third-order valence-corrected chi connectivity index (χ3v) is 3.36. The van der Waals surface area contributed by atoms with Gasteiger partial charge >= 0.3 is 0 Å². The number of rotatable bonds is 3. The molecule has 1 aromatic rings. The highest BCUT2D eigenvalue weighted by atomic mass is 19.1. The van der Waals surface area contributed by atoms with Crippen LogP contribution in [0, 0.1) is 22.6 Å². The monoisotopic (exact) mass is 262 g/mol. The quantitative estimate of drug-likeness (QED) is 0.902. The lowest BCUT2D eigenvalue weighted by Crippen LogP contribution is -2.43. The fourth-order valence-corrected chi connectivity index (χ4v) is 2.06. The fourth-order valence-electron chi connectivity index (χ4n) is 2.06. The van der Waals surface area contributed by atoms with Crippen molar-refractivity contribution in [3.8, 4) is 6.07 Å². The molecule has 0 bridgehead atoms. The molecule has 1 aliphatic rings. The first-order chi connectivity index (χ1) is 9.16. The number of ether oxygens (including phenoxy) is 1. The van der Waals surface area contributed by atoms with Gasteiger partial charge in [-0.15, -0.1) is 0 Å². The summed E-state index contributed by atoms with van der Waals surface area (Å²) >= 11 is 0. The van der Waals surface area contributed by atoms with Crippen LogP contribution in [0.1, 0.15) is 18.4 Å². The zero-order valence-corrected chi connectivity index (χ0v) is 10.5. The van der Waals surface area contributed by atoms with Crippen molar-refractivity contribution >= 4 is 5.91 Å². The predicted molar refractivity (Wildman–Crippen MR) is 66.3 cm³/mol. The maximum Gasteiger partial charge on any atom is 0.240 e. The molecule has 1 fully saturated rings. The molecular formula is C14H15FN2O2. The summed E-state index contributed by atoms with van der Waals surface area (Å²) in [6.45, 7) is 1.15. The zero-order valence-electron chi connectivity index (χ0n) is 10.5. The zero-order chi connectivity index (χ0) is 13.7. The third kappa shape index (κ3) is 3.09. The molecule has 1 amide bonds. The van der Waals surface area contributed by atoms with E-state index in [9.17, 15) is 14.4 Å². The van der Waals surface area contributed by atoms with Gasteiger partial charge in [-0.3, -0.25) is 4.79 Å². The van der Waals surface area contributed by atoms with Gasteiger partial charge in [0.2, 0.25) is 5.91 Å². The fraction of sp³-hybridized carbons (Fsp3) is 0.429. The Balaban J connectivity index is 1.96. The van der Waals surface area contributed by atoms with Crippen LogP contribution in [0.25, 0.3) is 0 Å². The summed E-state index contributed by atoms with van der Waals surface area (Å²) in [5.41, 5.74) is -0.187. The van der Waals surface area contributed by atoms with Crippen molar-refractivity contribution in [3.63, 3.8) is 0 Å². The standard InChI is InChI=1S/C14H15FN2O2/c15-12-3-1-11(2-4-12)9-17-13(18)14(10-16)5-7-19-8-6-14/h1-4H,5-9H2,(H,17,18). The number of hydrogen-bond donors (Lipinski definition) is 1. The highest BCUT2D eigenvalue weighted by Gasteiger charge is 2.40. The SMILES string of the molecule is N#CC1(C(=O)NCc2ccc(F)cc2)CCOCC1. The van der Waals surface area contributed by atoms with Gasteiger partial charge in [-0.2, -0.15) is 5.26 Å². The lowest BCUT2D eigenvalue weighted by Gasteiger charge is -2.29. The van der Waals surface area contributed by atoms with Crippen LogP contribution in [0.15, 0.2) is 24.3 Å². The Bertz CT molecular complexity index is 487. The summed E-state index contributed by atoms with van der Waals surface area (Å²) in [6, 6.07) is 8.02. The average molecular weight is 262 g/mol. The van der Waals surface area contributed by atoms with Gasteiger partial charge < -0.3 is 10.1 Å². The smallest absolute Gasteiger partial charge is 0.240 e. The molecule has 0 spiro atoms. The second kappa shape index (κ2) is 5.81. The molecule has 0 atom stereocenters. The van der Waals surface area contributed by atoms with Crippen molar-refractivity contribution in [2.45, 2.75) is 19.4 Å². The van der Waals surface area contributed by atoms with E-state index in [1.807, 2.05) is 0 Å². The van der Waals surface area contributed by atoms with Crippen LogP contribution in [0.4, 0.5) is 4.39 Å². The molecule has 1 aromatic carbocycles. The minimum atomic E-state index is -0.988. The van der Waals surface area contributed by atoms with Crippen LogP contribution in [-0.2, 0) is 16.1 Å². The molecule has 5 heteroatoms. The van der Waals surface area contributed by atoms with Gasteiger partial charge in [0.1, 0.15) is 11.2 Å². The minimum absolute atomic E-state index is 0.275. The molecule has 4 nitrogen and oxygen atoms in total. The van der Waals surface area contributed by atoms with Gasteiger partial charge in [-0.1, -0.05) is 12.1 Å². The van der Waals surface area contributed by atoms with Gasteiger partial charge in [0.15, 0.2) is 0 Å². The van der Waals surface area contributed by atoms with Gasteiger partial charge in [0.05, 0.1) is 6.07 Å². The van der Waals surface area contributed by atoms with E-state index >= 15 is 0 Å². The van der Waals surface area contributed by atoms with Crippen molar-refractivity contribution in [3.05, 3.63) is 35.6 Å². The van der Waals surface area contributed by atoms with Crippen molar-refractivity contribution in [1.82, 2.24) is 5.32 Å². The van der Waals surface area contributed by atoms with Gasteiger partial charge in [-0.05, 0) is 30.5 Å². The van der Waals surface area contributed by atoms with E-state index in [1.165, 1.54) is 12.1 Å². The summed E-state index contributed by atoms with van der Waals surface area (Å²) in [4.78, 5) is 12.1. The van der Waals surface area contributed by atoms with Crippen molar-refractivity contribution in [1.29, 1.82) is 5.26 Å². The summed E-state index contributed by atoms with van der Waals surface area (Å²) in [5, 5.41) is 12.0. The van der Waals surface area contributed by atoms with Crippen LogP contribution in [0.3, 0.4) is 0 Å². The van der Waals surface area contributed by atoms with E-state index in [0.717, 1.165) is 5.56 Å². The van der Waals surface area contributed by atoms with E-state index < -0.39 is 5.41 Å². The molecule has 1 saturated heterocycles. The summed E-state index contributed by atoms with van der Waals surface area (Å²) in [6.07, 6.45) is 0.831. The summed E-state index contributed by atoms with van der Waals surface area (Å²) in [7, 11) is 0. The van der Waals surface area contributed by atoms with E-state index in [-0.39, 0.29) is 11.7 Å². The first kappa shape index (κ1) is 13.5. The molecule has 0 aromatic heterocycles. The lowest BCUT2D eigenvalue weighted by molar-refractivity contribution is -0.132. The third-order valence-electron chi connectivity index (χ3n) is 3.36. The number of hydrogen-bond acceptors (Lipinski definition) is 3. The van der Waals surface area contributed by atoms with Crippen LogP contribution in [0.2, 0.25) is 0 Å². The van der Waals surface area contributed by atoms with E-state index in [0.29, 0.717) is 32.6 Å². The van der Waals surface area contributed by atoms with E-state index in [2.05, 4.69) is 11.4 Å². The predicted octanol–water partition coefficient (Wildman–Crippen LogP) is 1.76. The molecule has 0 saturated carbocycles. The molecule has 19 heavy (non-hydrogen) atoms. The molecule has 1 aliphatic heterocycles. The Morgan fingerprint density at radius 3 is 2.58 bits per heavy atom. The summed E-state index contributed by atoms with van der Waals surface area (Å²) < 4.78 is 17.9. The number of halogens is 1. The lowest BCUT2D eigenvalue weighted by atomic mass is 9.81. The first-order valence-corrected chi connectivity index (χ1v) is 6.18. The van der Waals surface area contributed by atoms with Crippen LogP contribution < -0.4 is 5.32 Å². The topological polar surface area (TPSA) is 62.1 Å². The Morgan fingerprint density at radius 2 is 2.00 bits per heavy atom. The molecule has 0 aliphatic carbocycles. The number of carbonyl (C=O) groups is 1. The Morgan fingerprint density at radius 1 is 1.37 bits per heavy atom. The second-order valence-electron chi connectivity index (χ2n) is 4.62. The maximum atomic E-state index is 12.7. The number of nitrogens with one attached hydrogen (secondary N) is 1. The second-order valence-corrected chi connectivity index (χ2v) is 4.62. The van der Waals surface area contributed by atoms with Crippen molar-refractivity contribution < 1.29 is 13.9 Å². The number of benzene rings is 1. The van der Waals surface area contributed by atoms with Crippen LogP contribution in [0.5, 0.6) is 0 Å². The number of amides is 1. The molecule has 100 valence electrons. The molecule has 0 unspecified atom stereocenters. The first-order valence-electron chi connectivity index (χ1n) is 6.18. The van der Waals surface area contributed by atoms with E-state index in [1.54, 1.807) is 12.1 Å². The molecule has 1 N–H and O–H groups in total. The molecular weight excluding hydrogens is 247 g/mol. The highest BCUT2D eigenvalue weighted by Crippen LogP contribution is 2.29. The van der Waals surface area contributed by atoms with E-state index in [4.69, 9.17) is 4.74 Å². The summed E-state index contributed by atoms with van der Waals surface area (Å²) in [5.74, 6) is -0.587. The van der Waals surface area contributed by atoms with Crippen molar-refractivity contribution in [2.24, 2.45) is 5.41 Å². The van der Waals surface area contributed by atoms with Gasteiger partial charge in [0, 0.05) is 19.8 Å². The average Bonchev–Trinajstić information content (AvgIpc) is 2.47. The normalized spacial score (nSPS) is 17.5. The maximum absolute atomic E-state index is 12.7. The Hall–Kier alpha value is -1.93. The molecule has 2 rings (SSSR count).